The minimum absolute atomic E-state index is 0.0512. The molecule has 0 aliphatic heterocycles. The number of halogens is 1. The molecule has 1 heterocycles. The van der Waals surface area contributed by atoms with E-state index in [0.29, 0.717) is 17.4 Å². The van der Waals surface area contributed by atoms with Crippen LogP contribution in [0.3, 0.4) is 0 Å². The Balaban J connectivity index is 3.07. The van der Waals surface area contributed by atoms with E-state index < -0.39 is 10.0 Å². The molecular weight excluding hydrogens is 320 g/mol. The average Bonchev–Trinajstić information content (AvgIpc) is 2.32. The van der Waals surface area contributed by atoms with Gasteiger partial charge in [-0.1, -0.05) is 6.08 Å². The Bertz CT molecular complexity index is 593. The molecule has 0 aliphatic rings. The number of hydrogen-bond acceptors (Lipinski definition) is 3. The lowest BCUT2D eigenvalue weighted by atomic mass is 10.4. The smallest absolute Gasteiger partial charge is 0.233 e. The molecule has 0 aromatic carbocycles. The summed E-state index contributed by atoms with van der Waals surface area (Å²) >= 11 is 3.11. The molecule has 100 valence electrons. The summed E-state index contributed by atoms with van der Waals surface area (Å²) in [5, 5.41) is 0. The highest BCUT2D eigenvalue weighted by molar-refractivity contribution is 9.10. The molecule has 0 radical (unpaired) electrons. The van der Waals surface area contributed by atoms with Gasteiger partial charge in [-0.05, 0) is 29.3 Å². The summed E-state index contributed by atoms with van der Waals surface area (Å²) < 4.78 is 27.7. The third-order valence-corrected chi connectivity index (χ3v) is 4.13. The molecule has 1 aromatic heterocycles. The molecule has 0 atom stereocenters. The van der Waals surface area contributed by atoms with E-state index in [4.69, 9.17) is 0 Å². The van der Waals surface area contributed by atoms with E-state index in [1.54, 1.807) is 10.8 Å². The van der Waals surface area contributed by atoms with Crippen molar-refractivity contribution in [1.82, 2.24) is 4.57 Å². The first-order valence-corrected chi connectivity index (χ1v) is 7.85. The largest absolute Gasteiger partial charge is 0.351 e. The van der Waals surface area contributed by atoms with Gasteiger partial charge in [-0.2, -0.15) is 0 Å². The van der Waals surface area contributed by atoms with E-state index >= 15 is 0 Å². The first-order valence-electron chi connectivity index (χ1n) is 5.40. The standard InChI is InChI=1S/C11H15BrN2O3S/c1-3-5-6-18(16,17)13-10-8-14(4-2)7-9(12)11(10)15/h3,7-8,13H,1,4-6H2,2H3. The molecule has 0 unspecified atom stereocenters. The molecule has 0 aliphatic carbocycles. The third kappa shape index (κ3) is 3.99. The van der Waals surface area contributed by atoms with Crippen LogP contribution in [0.2, 0.25) is 0 Å². The minimum atomic E-state index is -3.52. The Morgan fingerprint density at radius 2 is 2.17 bits per heavy atom. The second-order valence-corrected chi connectivity index (χ2v) is 6.37. The summed E-state index contributed by atoms with van der Waals surface area (Å²) in [6.07, 6.45) is 4.96. The average molecular weight is 335 g/mol. The van der Waals surface area contributed by atoms with Crippen molar-refractivity contribution in [2.24, 2.45) is 0 Å². The van der Waals surface area contributed by atoms with Crippen LogP contribution < -0.4 is 10.2 Å². The monoisotopic (exact) mass is 334 g/mol. The van der Waals surface area contributed by atoms with Crippen LogP contribution in [0, 0.1) is 0 Å². The first-order chi connectivity index (χ1) is 8.39. The summed E-state index contributed by atoms with van der Waals surface area (Å²) in [5.41, 5.74) is -0.322. The van der Waals surface area contributed by atoms with Crippen molar-refractivity contribution in [3.05, 3.63) is 39.7 Å². The maximum Gasteiger partial charge on any atom is 0.233 e. The maximum atomic E-state index is 11.8. The van der Waals surface area contributed by atoms with Gasteiger partial charge in [-0.3, -0.25) is 9.52 Å². The number of pyridine rings is 1. The molecule has 1 aromatic rings. The first kappa shape index (κ1) is 15.0. The summed E-state index contributed by atoms with van der Waals surface area (Å²) in [6.45, 7) is 6.00. The van der Waals surface area contributed by atoms with Crippen molar-refractivity contribution in [2.75, 3.05) is 10.5 Å². The number of nitrogens with one attached hydrogen (secondary N) is 1. The van der Waals surface area contributed by atoms with Gasteiger partial charge >= 0.3 is 0 Å². The second-order valence-electron chi connectivity index (χ2n) is 3.68. The third-order valence-electron chi connectivity index (χ3n) is 2.26. The Morgan fingerprint density at radius 3 is 2.72 bits per heavy atom. The fourth-order valence-corrected chi connectivity index (χ4v) is 2.84. The van der Waals surface area contributed by atoms with Crippen molar-refractivity contribution in [3.8, 4) is 0 Å². The summed E-state index contributed by atoms with van der Waals surface area (Å²) in [6, 6.07) is 0. The Labute approximate surface area is 115 Å². The van der Waals surface area contributed by atoms with E-state index in [0.717, 1.165) is 0 Å². The maximum absolute atomic E-state index is 11.8. The van der Waals surface area contributed by atoms with Crippen LogP contribution in [-0.2, 0) is 16.6 Å². The lowest BCUT2D eigenvalue weighted by molar-refractivity contribution is 0.600. The van der Waals surface area contributed by atoms with Crippen molar-refractivity contribution in [3.63, 3.8) is 0 Å². The fraction of sp³-hybridized carbons (Fsp3) is 0.364. The van der Waals surface area contributed by atoms with Gasteiger partial charge in [0.05, 0.1) is 10.2 Å². The van der Waals surface area contributed by atoms with Gasteiger partial charge in [0.2, 0.25) is 15.5 Å². The topological polar surface area (TPSA) is 68.2 Å². The van der Waals surface area contributed by atoms with Crippen LogP contribution in [0.5, 0.6) is 0 Å². The van der Waals surface area contributed by atoms with Crippen molar-refractivity contribution < 1.29 is 8.42 Å². The van der Waals surface area contributed by atoms with Crippen LogP contribution in [0.4, 0.5) is 5.69 Å². The lowest BCUT2D eigenvalue weighted by Gasteiger charge is -2.10. The predicted octanol–water partition coefficient (Wildman–Crippen LogP) is 1.95. The zero-order valence-corrected chi connectivity index (χ0v) is 12.4. The van der Waals surface area contributed by atoms with Crippen LogP contribution in [0.15, 0.2) is 34.3 Å². The van der Waals surface area contributed by atoms with Crippen molar-refractivity contribution in [1.29, 1.82) is 0 Å². The van der Waals surface area contributed by atoms with Gasteiger partial charge in [0, 0.05) is 18.9 Å². The number of aromatic nitrogens is 1. The lowest BCUT2D eigenvalue weighted by Crippen LogP contribution is -2.22. The minimum Gasteiger partial charge on any atom is -0.351 e. The fourth-order valence-electron chi connectivity index (χ4n) is 1.31. The number of rotatable bonds is 6. The zero-order valence-electron chi connectivity index (χ0n) is 10.0. The van der Waals surface area contributed by atoms with Crippen LogP contribution in [-0.4, -0.2) is 18.7 Å². The van der Waals surface area contributed by atoms with Crippen LogP contribution in [0.1, 0.15) is 13.3 Å². The van der Waals surface area contributed by atoms with Gasteiger partial charge in [0.25, 0.3) is 0 Å². The molecular formula is C11H15BrN2O3S. The molecule has 7 heteroatoms. The summed E-state index contributed by atoms with van der Waals surface area (Å²) in [4.78, 5) is 11.8. The van der Waals surface area contributed by atoms with E-state index in [1.807, 2.05) is 6.92 Å². The number of allylic oxidation sites excluding steroid dienone is 1. The van der Waals surface area contributed by atoms with Crippen molar-refractivity contribution in [2.45, 2.75) is 19.9 Å². The van der Waals surface area contributed by atoms with Gasteiger partial charge in [-0.25, -0.2) is 8.42 Å². The number of nitrogens with zero attached hydrogens (tertiary/aromatic N) is 1. The molecule has 0 spiro atoms. The highest BCUT2D eigenvalue weighted by atomic mass is 79.9. The highest BCUT2D eigenvalue weighted by Gasteiger charge is 2.13. The number of anilines is 1. The number of aryl methyl sites for hydroxylation is 1. The van der Waals surface area contributed by atoms with Crippen LogP contribution in [0.25, 0.3) is 0 Å². The van der Waals surface area contributed by atoms with E-state index in [2.05, 4.69) is 27.2 Å². The molecule has 0 amide bonds. The SMILES string of the molecule is C=CCCS(=O)(=O)Nc1cn(CC)cc(Br)c1=O. The zero-order chi connectivity index (χ0) is 13.8. The van der Waals surface area contributed by atoms with Gasteiger partial charge in [0.15, 0.2) is 0 Å². The highest BCUT2D eigenvalue weighted by Crippen LogP contribution is 2.10. The molecule has 0 saturated heterocycles. The van der Waals surface area contributed by atoms with Crippen molar-refractivity contribution >= 4 is 31.6 Å². The van der Waals surface area contributed by atoms with Crippen LogP contribution >= 0.6 is 15.9 Å². The normalized spacial score (nSPS) is 11.2. The Morgan fingerprint density at radius 1 is 1.50 bits per heavy atom. The molecule has 0 fully saturated rings. The number of hydrogen-bond donors (Lipinski definition) is 1. The van der Waals surface area contributed by atoms with E-state index in [9.17, 15) is 13.2 Å². The number of sulfonamides is 1. The molecule has 0 saturated carbocycles. The molecule has 1 N–H and O–H groups in total. The molecule has 18 heavy (non-hydrogen) atoms. The van der Waals surface area contributed by atoms with E-state index in [-0.39, 0.29) is 16.9 Å². The van der Waals surface area contributed by atoms with Gasteiger partial charge in [-0.15, -0.1) is 6.58 Å². The van der Waals surface area contributed by atoms with E-state index in [1.165, 1.54) is 12.3 Å². The Kier molecular flexibility index (Phi) is 5.15. The quantitative estimate of drug-likeness (QED) is 0.808. The Hall–Kier alpha value is -1.08. The second kappa shape index (κ2) is 6.19. The summed E-state index contributed by atoms with van der Waals surface area (Å²) in [7, 11) is -3.52. The molecule has 0 bridgehead atoms. The molecule has 1 rings (SSSR count). The van der Waals surface area contributed by atoms with Gasteiger partial charge in [0.1, 0.15) is 5.69 Å². The summed E-state index contributed by atoms with van der Waals surface area (Å²) in [5.74, 6) is -0.0887. The van der Waals surface area contributed by atoms with Gasteiger partial charge < -0.3 is 4.57 Å². The predicted molar refractivity (Wildman–Crippen MR) is 76.3 cm³/mol. The molecule has 5 nitrogen and oxygen atoms in total.